The van der Waals surface area contributed by atoms with Crippen LogP contribution >= 0.6 is 11.6 Å². The Labute approximate surface area is 239 Å². The lowest BCUT2D eigenvalue weighted by atomic mass is 10.0. The Kier molecular flexibility index (Phi) is 9.45. The number of nitrogens with one attached hydrogen (secondary N) is 1. The Balaban J connectivity index is 1.57. The van der Waals surface area contributed by atoms with Gasteiger partial charge in [-0.05, 0) is 75.3 Å². The van der Waals surface area contributed by atoms with Gasteiger partial charge in [-0.3, -0.25) is 19.3 Å². The Bertz CT molecular complexity index is 1410. The van der Waals surface area contributed by atoms with E-state index in [0.29, 0.717) is 52.7 Å². The standard InChI is InChI=1S/C31H34ClN3O5/c1-20-8-5-6-9-21(20)16-29(36)33-23-12-13-24(28(18-23)39-4)31(38)35-15-7-10-27(40-30(37)19-34(2)3)25-17-22(32)11-14-26(25)35/h5-6,8-9,11-14,17-18,27H,7,10,15-16,19H2,1-4H3,(H,33,36). The molecule has 0 aliphatic carbocycles. The van der Waals surface area contributed by atoms with E-state index < -0.39 is 6.10 Å². The van der Waals surface area contributed by atoms with Crippen molar-refractivity contribution in [1.29, 1.82) is 0 Å². The summed E-state index contributed by atoms with van der Waals surface area (Å²) in [6.07, 6.45) is 0.891. The molecule has 1 N–H and O–H groups in total. The van der Waals surface area contributed by atoms with Crippen LogP contribution in [0, 0.1) is 6.92 Å². The van der Waals surface area contributed by atoms with Gasteiger partial charge < -0.3 is 19.7 Å². The average Bonchev–Trinajstić information content (AvgIpc) is 3.08. The highest BCUT2D eigenvalue weighted by atomic mass is 35.5. The molecule has 0 saturated carbocycles. The number of hydrogen-bond acceptors (Lipinski definition) is 6. The van der Waals surface area contributed by atoms with E-state index in [2.05, 4.69) is 5.32 Å². The number of halogens is 1. The van der Waals surface area contributed by atoms with E-state index in [0.717, 1.165) is 11.1 Å². The van der Waals surface area contributed by atoms with Crippen LogP contribution in [0.4, 0.5) is 11.4 Å². The number of hydrogen-bond donors (Lipinski definition) is 1. The summed E-state index contributed by atoms with van der Waals surface area (Å²) in [6.45, 7) is 2.55. The van der Waals surface area contributed by atoms with Crippen molar-refractivity contribution in [1.82, 2.24) is 4.90 Å². The van der Waals surface area contributed by atoms with Crippen LogP contribution in [0.15, 0.2) is 60.7 Å². The van der Waals surface area contributed by atoms with Crippen LogP contribution < -0.4 is 15.0 Å². The molecule has 4 rings (SSSR count). The summed E-state index contributed by atoms with van der Waals surface area (Å²) in [6, 6.07) is 18.0. The first-order valence-corrected chi connectivity index (χ1v) is 13.5. The van der Waals surface area contributed by atoms with Gasteiger partial charge in [-0.1, -0.05) is 35.9 Å². The minimum Gasteiger partial charge on any atom is -0.496 e. The number of carbonyl (C=O) groups is 3. The zero-order valence-electron chi connectivity index (χ0n) is 23.2. The van der Waals surface area contributed by atoms with E-state index in [9.17, 15) is 14.4 Å². The summed E-state index contributed by atoms with van der Waals surface area (Å²) < 4.78 is 11.4. The number of benzene rings is 3. The van der Waals surface area contributed by atoms with Crippen molar-refractivity contribution in [2.45, 2.75) is 32.3 Å². The van der Waals surface area contributed by atoms with E-state index >= 15 is 0 Å². The quantitative estimate of drug-likeness (QED) is 0.368. The molecule has 3 aromatic rings. The highest BCUT2D eigenvalue weighted by molar-refractivity contribution is 6.30. The normalized spacial score (nSPS) is 14.8. The van der Waals surface area contributed by atoms with Crippen molar-refractivity contribution in [3.05, 3.63) is 87.9 Å². The number of ether oxygens (including phenoxy) is 2. The number of carbonyl (C=O) groups excluding carboxylic acids is 3. The second-order valence-corrected chi connectivity index (χ2v) is 10.5. The van der Waals surface area contributed by atoms with Crippen molar-refractivity contribution >= 4 is 40.8 Å². The Morgan fingerprint density at radius 3 is 2.58 bits per heavy atom. The second kappa shape index (κ2) is 13.0. The lowest BCUT2D eigenvalue weighted by Gasteiger charge is -2.25. The number of rotatable bonds is 8. The molecule has 1 atom stereocenters. The molecule has 3 aromatic carbocycles. The largest absolute Gasteiger partial charge is 0.496 e. The summed E-state index contributed by atoms with van der Waals surface area (Å²) in [5.74, 6) is -0.433. The third kappa shape index (κ3) is 7.00. The SMILES string of the molecule is COc1cc(NC(=O)Cc2ccccc2C)ccc1C(=O)N1CCCC(OC(=O)CN(C)C)c2cc(Cl)ccc21. The van der Waals surface area contributed by atoms with Gasteiger partial charge in [0, 0.05) is 28.9 Å². The minimum absolute atomic E-state index is 0.153. The zero-order valence-corrected chi connectivity index (χ0v) is 24.0. The smallest absolute Gasteiger partial charge is 0.320 e. The molecule has 1 aliphatic heterocycles. The number of likely N-dealkylation sites (N-methyl/N-ethyl adjacent to an activating group) is 1. The first-order valence-electron chi connectivity index (χ1n) is 13.1. The summed E-state index contributed by atoms with van der Waals surface area (Å²) in [5.41, 5.74) is 4.19. The first kappa shape index (κ1) is 29.1. The average molecular weight is 564 g/mol. The van der Waals surface area contributed by atoms with Gasteiger partial charge in [0.05, 0.1) is 31.3 Å². The molecule has 0 aromatic heterocycles. The summed E-state index contributed by atoms with van der Waals surface area (Å²) in [5, 5.41) is 3.39. The molecule has 1 heterocycles. The molecule has 2 amide bonds. The lowest BCUT2D eigenvalue weighted by Crippen LogP contribution is -2.32. The molecule has 40 heavy (non-hydrogen) atoms. The Morgan fingerprint density at radius 1 is 1.07 bits per heavy atom. The number of aryl methyl sites for hydroxylation is 1. The van der Waals surface area contributed by atoms with Crippen molar-refractivity contribution in [2.75, 3.05) is 44.5 Å². The van der Waals surface area contributed by atoms with E-state index in [-0.39, 0.29) is 30.7 Å². The third-order valence-electron chi connectivity index (χ3n) is 6.77. The maximum atomic E-state index is 13.9. The molecule has 210 valence electrons. The highest BCUT2D eigenvalue weighted by Gasteiger charge is 2.31. The van der Waals surface area contributed by atoms with Gasteiger partial charge in [0.1, 0.15) is 11.9 Å². The fraction of sp³-hybridized carbons (Fsp3) is 0.323. The van der Waals surface area contributed by atoms with Crippen LogP contribution in [0.5, 0.6) is 5.75 Å². The van der Waals surface area contributed by atoms with Gasteiger partial charge >= 0.3 is 5.97 Å². The first-order chi connectivity index (χ1) is 19.2. The van der Waals surface area contributed by atoms with Gasteiger partial charge in [-0.15, -0.1) is 0 Å². The fourth-order valence-electron chi connectivity index (χ4n) is 4.80. The molecule has 0 saturated heterocycles. The molecule has 1 aliphatic rings. The maximum Gasteiger partial charge on any atom is 0.320 e. The third-order valence-corrected chi connectivity index (χ3v) is 7.00. The van der Waals surface area contributed by atoms with Crippen molar-refractivity contribution in [3.63, 3.8) is 0 Å². The van der Waals surface area contributed by atoms with E-state index in [1.165, 1.54) is 7.11 Å². The van der Waals surface area contributed by atoms with Crippen LogP contribution in [0.3, 0.4) is 0 Å². The van der Waals surface area contributed by atoms with Gasteiger partial charge in [0.25, 0.3) is 5.91 Å². The fourth-order valence-corrected chi connectivity index (χ4v) is 4.99. The second-order valence-electron chi connectivity index (χ2n) is 10.1. The van der Waals surface area contributed by atoms with Crippen molar-refractivity contribution in [3.8, 4) is 5.75 Å². The summed E-state index contributed by atoms with van der Waals surface area (Å²) >= 11 is 6.32. The number of anilines is 2. The number of fused-ring (bicyclic) bond motifs is 1. The minimum atomic E-state index is -0.522. The predicted octanol–water partition coefficient (Wildman–Crippen LogP) is 5.42. The number of esters is 1. The molecule has 9 heteroatoms. The molecule has 0 bridgehead atoms. The predicted molar refractivity (Wildman–Crippen MR) is 156 cm³/mol. The maximum absolute atomic E-state index is 13.9. The number of methoxy groups -OCH3 is 1. The molecular formula is C31H34ClN3O5. The number of amides is 2. The van der Waals surface area contributed by atoms with Crippen LogP contribution in [0.1, 0.15) is 46.0 Å². The van der Waals surface area contributed by atoms with Crippen LogP contribution in [0.25, 0.3) is 0 Å². The monoisotopic (exact) mass is 563 g/mol. The van der Waals surface area contributed by atoms with Crippen LogP contribution in [0.2, 0.25) is 5.02 Å². The summed E-state index contributed by atoms with van der Waals surface area (Å²) in [7, 11) is 5.09. The van der Waals surface area contributed by atoms with Crippen molar-refractivity contribution < 1.29 is 23.9 Å². The van der Waals surface area contributed by atoms with E-state index in [1.54, 1.807) is 60.3 Å². The van der Waals surface area contributed by atoms with E-state index in [4.69, 9.17) is 21.1 Å². The zero-order chi connectivity index (χ0) is 28.8. The molecule has 8 nitrogen and oxygen atoms in total. The van der Waals surface area contributed by atoms with Gasteiger partial charge in [-0.25, -0.2) is 0 Å². The molecule has 0 radical (unpaired) electrons. The lowest BCUT2D eigenvalue weighted by molar-refractivity contribution is -0.150. The van der Waals surface area contributed by atoms with Crippen molar-refractivity contribution in [2.24, 2.45) is 0 Å². The van der Waals surface area contributed by atoms with Gasteiger partial charge in [0.2, 0.25) is 5.91 Å². The highest BCUT2D eigenvalue weighted by Crippen LogP contribution is 2.38. The number of nitrogens with zero attached hydrogens (tertiary/aromatic N) is 2. The van der Waals surface area contributed by atoms with Gasteiger partial charge in [-0.2, -0.15) is 0 Å². The van der Waals surface area contributed by atoms with Gasteiger partial charge in [0.15, 0.2) is 0 Å². The molecular weight excluding hydrogens is 530 g/mol. The van der Waals surface area contributed by atoms with Crippen LogP contribution in [-0.2, 0) is 20.7 Å². The molecule has 0 fully saturated rings. The van der Waals surface area contributed by atoms with E-state index in [1.807, 2.05) is 31.2 Å². The molecule has 1 unspecified atom stereocenters. The summed E-state index contributed by atoms with van der Waals surface area (Å²) in [4.78, 5) is 42.4. The molecule has 0 spiro atoms. The van der Waals surface area contributed by atoms with Crippen LogP contribution in [-0.4, -0.2) is 57.0 Å². The Hall–Kier alpha value is -3.88. The topological polar surface area (TPSA) is 88.2 Å². The Morgan fingerprint density at radius 2 is 1.85 bits per heavy atom.